The zero-order valence-electron chi connectivity index (χ0n) is 8.43. The lowest BCUT2D eigenvalue weighted by molar-refractivity contribution is 0.133. The highest BCUT2D eigenvalue weighted by Gasteiger charge is 2.40. The molecule has 0 amide bonds. The molecule has 0 aromatic rings. The normalized spacial score (nSPS) is 31.7. The van der Waals surface area contributed by atoms with Crippen LogP contribution in [0.2, 0.25) is 0 Å². The van der Waals surface area contributed by atoms with E-state index in [4.69, 9.17) is 10.5 Å². The van der Waals surface area contributed by atoms with Crippen molar-refractivity contribution >= 4 is 0 Å². The molecule has 2 nitrogen and oxygen atoms in total. The van der Waals surface area contributed by atoms with Crippen LogP contribution in [0.5, 0.6) is 0 Å². The first kappa shape index (κ1) is 10.1. The maximum absolute atomic E-state index is 9.10. The van der Waals surface area contributed by atoms with E-state index in [2.05, 4.69) is 26.0 Å². The van der Waals surface area contributed by atoms with Crippen molar-refractivity contribution in [2.45, 2.75) is 46.0 Å². The van der Waals surface area contributed by atoms with Crippen LogP contribution < -0.4 is 0 Å². The Balaban J connectivity index is 2.79. The second kappa shape index (κ2) is 3.38. The molecular formula is C11H16N2. The van der Waals surface area contributed by atoms with Crippen molar-refractivity contribution < 1.29 is 0 Å². The third kappa shape index (κ3) is 2.22. The monoisotopic (exact) mass is 176 g/mol. The molecule has 1 unspecified atom stereocenters. The molecule has 1 aliphatic rings. The first-order chi connectivity index (χ1) is 6.04. The molecule has 0 aliphatic heterocycles. The highest BCUT2D eigenvalue weighted by Crippen LogP contribution is 2.47. The minimum absolute atomic E-state index is 0.241. The van der Waals surface area contributed by atoms with Crippen molar-refractivity contribution in [3.05, 3.63) is 0 Å². The first-order valence-electron chi connectivity index (χ1n) is 4.82. The molecule has 13 heavy (non-hydrogen) atoms. The van der Waals surface area contributed by atoms with Gasteiger partial charge in [0, 0.05) is 0 Å². The number of rotatable bonds is 1. The van der Waals surface area contributed by atoms with Gasteiger partial charge in [-0.15, -0.1) is 0 Å². The Morgan fingerprint density at radius 2 is 1.92 bits per heavy atom. The Kier molecular flexibility index (Phi) is 2.62. The van der Waals surface area contributed by atoms with Crippen molar-refractivity contribution in [2.75, 3.05) is 0 Å². The summed E-state index contributed by atoms with van der Waals surface area (Å²) in [6.07, 6.45) is 4.45. The highest BCUT2D eigenvalue weighted by atomic mass is 14.5. The second-order valence-electron chi connectivity index (χ2n) is 4.92. The molecule has 0 N–H and O–H groups in total. The van der Waals surface area contributed by atoms with Gasteiger partial charge in [0.05, 0.1) is 24.0 Å². The largest absolute Gasteiger partial charge is 0.198 e. The van der Waals surface area contributed by atoms with E-state index in [1.807, 2.05) is 0 Å². The standard InChI is InChI=1S/C11H16N2/c1-10(2)4-3-5-11(8-10,9-13)6-7-12/h3-6,8H2,1-2H3. The summed E-state index contributed by atoms with van der Waals surface area (Å²) in [5, 5.41) is 17.8. The molecule has 1 fully saturated rings. The lowest BCUT2D eigenvalue weighted by atomic mass is 9.63. The van der Waals surface area contributed by atoms with Crippen molar-refractivity contribution in [1.82, 2.24) is 0 Å². The molecule has 0 saturated heterocycles. The van der Waals surface area contributed by atoms with Crippen molar-refractivity contribution in [3.63, 3.8) is 0 Å². The zero-order chi connectivity index (χ0) is 9.95. The van der Waals surface area contributed by atoms with Crippen LogP contribution in [0, 0.1) is 33.5 Å². The maximum atomic E-state index is 9.10. The summed E-state index contributed by atoms with van der Waals surface area (Å²) in [6.45, 7) is 4.38. The van der Waals surface area contributed by atoms with Gasteiger partial charge in [0.2, 0.25) is 0 Å². The van der Waals surface area contributed by atoms with E-state index < -0.39 is 0 Å². The number of hydrogen-bond donors (Lipinski definition) is 0. The Labute approximate surface area is 80.2 Å². The van der Waals surface area contributed by atoms with Crippen LogP contribution in [-0.2, 0) is 0 Å². The molecule has 0 heterocycles. The van der Waals surface area contributed by atoms with Crippen LogP contribution in [0.4, 0.5) is 0 Å². The quantitative estimate of drug-likeness (QED) is 0.616. The van der Waals surface area contributed by atoms with Crippen LogP contribution in [0.1, 0.15) is 46.0 Å². The third-order valence-electron chi connectivity index (χ3n) is 2.98. The average Bonchev–Trinajstić information content (AvgIpc) is 2.03. The van der Waals surface area contributed by atoms with Gasteiger partial charge in [0.25, 0.3) is 0 Å². The molecule has 0 aromatic heterocycles. The van der Waals surface area contributed by atoms with E-state index in [1.165, 1.54) is 6.42 Å². The lowest BCUT2D eigenvalue weighted by Gasteiger charge is -2.39. The topological polar surface area (TPSA) is 47.6 Å². The summed E-state index contributed by atoms with van der Waals surface area (Å²) < 4.78 is 0. The number of hydrogen-bond acceptors (Lipinski definition) is 2. The molecule has 0 radical (unpaired) electrons. The summed E-state index contributed by atoms with van der Waals surface area (Å²) >= 11 is 0. The molecule has 0 aromatic carbocycles. The van der Waals surface area contributed by atoms with Crippen LogP contribution in [0.15, 0.2) is 0 Å². The van der Waals surface area contributed by atoms with Gasteiger partial charge in [-0.25, -0.2) is 0 Å². The van der Waals surface area contributed by atoms with Gasteiger partial charge in [-0.05, 0) is 24.7 Å². The number of nitrogens with zero attached hydrogens (tertiary/aromatic N) is 2. The van der Waals surface area contributed by atoms with Crippen LogP contribution >= 0.6 is 0 Å². The van der Waals surface area contributed by atoms with Crippen molar-refractivity contribution in [1.29, 1.82) is 10.5 Å². The molecule has 0 bridgehead atoms. The lowest BCUT2D eigenvalue weighted by Crippen LogP contribution is -2.31. The van der Waals surface area contributed by atoms with Gasteiger partial charge in [-0.3, -0.25) is 0 Å². The zero-order valence-corrected chi connectivity index (χ0v) is 8.43. The Bertz CT molecular complexity index is 267. The summed E-state index contributed by atoms with van der Waals surface area (Å²) in [7, 11) is 0. The van der Waals surface area contributed by atoms with Crippen LogP contribution in [-0.4, -0.2) is 0 Å². The molecule has 1 aliphatic carbocycles. The smallest absolute Gasteiger partial charge is 0.0708 e. The van der Waals surface area contributed by atoms with Crippen molar-refractivity contribution in [3.8, 4) is 12.1 Å². The third-order valence-corrected chi connectivity index (χ3v) is 2.98. The Morgan fingerprint density at radius 1 is 1.23 bits per heavy atom. The van der Waals surface area contributed by atoms with E-state index in [1.54, 1.807) is 0 Å². The predicted octanol–water partition coefficient (Wildman–Crippen LogP) is 3.01. The first-order valence-corrected chi connectivity index (χ1v) is 4.82. The van der Waals surface area contributed by atoms with Crippen molar-refractivity contribution in [2.24, 2.45) is 10.8 Å². The van der Waals surface area contributed by atoms with E-state index in [0.29, 0.717) is 6.42 Å². The predicted molar refractivity (Wildman–Crippen MR) is 50.5 cm³/mol. The molecule has 2 heteroatoms. The van der Waals surface area contributed by atoms with Gasteiger partial charge >= 0.3 is 0 Å². The van der Waals surface area contributed by atoms with Gasteiger partial charge in [-0.1, -0.05) is 20.3 Å². The fourth-order valence-electron chi connectivity index (χ4n) is 2.44. The molecule has 70 valence electrons. The molecular weight excluding hydrogens is 160 g/mol. The van der Waals surface area contributed by atoms with Crippen LogP contribution in [0.3, 0.4) is 0 Å². The van der Waals surface area contributed by atoms with Gasteiger partial charge < -0.3 is 0 Å². The molecule has 1 atom stereocenters. The Hall–Kier alpha value is -1.02. The average molecular weight is 176 g/mol. The highest BCUT2D eigenvalue weighted by molar-refractivity contribution is 5.07. The summed E-state index contributed by atoms with van der Waals surface area (Å²) in [5.74, 6) is 0. The van der Waals surface area contributed by atoms with Gasteiger partial charge in [0.1, 0.15) is 0 Å². The fraction of sp³-hybridized carbons (Fsp3) is 0.818. The maximum Gasteiger partial charge on any atom is 0.0708 e. The molecule has 1 saturated carbocycles. The van der Waals surface area contributed by atoms with E-state index >= 15 is 0 Å². The summed E-state index contributed by atoms with van der Waals surface area (Å²) in [5.41, 5.74) is -0.110. The Morgan fingerprint density at radius 3 is 2.38 bits per heavy atom. The molecule has 1 rings (SSSR count). The SMILES string of the molecule is CC1(C)CCCC(C#N)(CC#N)C1. The van der Waals surface area contributed by atoms with E-state index in [0.717, 1.165) is 19.3 Å². The summed E-state index contributed by atoms with van der Waals surface area (Å²) in [4.78, 5) is 0. The number of nitriles is 2. The van der Waals surface area contributed by atoms with Gasteiger partial charge in [0.15, 0.2) is 0 Å². The molecule has 0 spiro atoms. The minimum Gasteiger partial charge on any atom is -0.198 e. The minimum atomic E-state index is -0.351. The van der Waals surface area contributed by atoms with Crippen LogP contribution in [0.25, 0.3) is 0 Å². The second-order valence-corrected chi connectivity index (χ2v) is 4.92. The van der Waals surface area contributed by atoms with Gasteiger partial charge in [-0.2, -0.15) is 10.5 Å². The van der Waals surface area contributed by atoms with E-state index in [9.17, 15) is 0 Å². The fourth-order valence-corrected chi connectivity index (χ4v) is 2.44. The van der Waals surface area contributed by atoms with E-state index in [-0.39, 0.29) is 10.8 Å². The summed E-state index contributed by atoms with van der Waals surface area (Å²) in [6, 6.07) is 4.50.